The fourth-order valence-corrected chi connectivity index (χ4v) is 2.68. The van der Waals surface area contributed by atoms with Crippen molar-refractivity contribution < 1.29 is 4.42 Å². The van der Waals surface area contributed by atoms with Gasteiger partial charge in [-0.3, -0.25) is 0 Å². The molecule has 2 heterocycles. The molecule has 0 bridgehead atoms. The highest BCUT2D eigenvalue weighted by molar-refractivity contribution is 6.33. The zero-order valence-corrected chi connectivity index (χ0v) is 12.9. The number of nitrogen functional groups attached to an aromatic ring is 1. The van der Waals surface area contributed by atoms with Gasteiger partial charge in [-0.25, -0.2) is 9.78 Å². The zero-order chi connectivity index (χ0) is 16.6. The lowest BCUT2D eigenvalue weighted by molar-refractivity contribution is 0.551. The average Bonchev–Trinajstić information content (AvgIpc) is 2.52. The van der Waals surface area contributed by atoms with Crippen molar-refractivity contribution in [3.63, 3.8) is 0 Å². The molecule has 3 aromatic rings. The number of fused-ring (bicyclic) bond motifs is 1. The van der Waals surface area contributed by atoms with E-state index in [1.165, 1.54) is 6.07 Å². The van der Waals surface area contributed by atoms with E-state index in [1.54, 1.807) is 24.4 Å². The van der Waals surface area contributed by atoms with Crippen molar-refractivity contribution in [1.29, 1.82) is 0 Å². The van der Waals surface area contributed by atoms with Crippen LogP contribution in [0, 0.1) is 11.8 Å². The Hall–Kier alpha value is -2.73. The summed E-state index contributed by atoms with van der Waals surface area (Å²) >= 11 is 6.01. The molecular weight excluding hydrogens is 318 g/mol. The Morgan fingerprint density at radius 1 is 1.35 bits per heavy atom. The van der Waals surface area contributed by atoms with E-state index in [1.807, 2.05) is 6.92 Å². The van der Waals surface area contributed by atoms with Crippen LogP contribution in [0.25, 0.3) is 11.0 Å². The molecule has 0 saturated heterocycles. The third-order valence-corrected chi connectivity index (χ3v) is 3.98. The topological polar surface area (TPSA) is 98.6 Å². The van der Waals surface area contributed by atoms with E-state index in [0.29, 0.717) is 23.2 Å². The van der Waals surface area contributed by atoms with Crippen molar-refractivity contribution in [3.8, 4) is 0 Å². The molecule has 0 aliphatic rings. The predicted octanol–water partition coefficient (Wildman–Crippen LogP) is 3.72. The van der Waals surface area contributed by atoms with Crippen LogP contribution in [0.4, 0.5) is 11.5 Å². The number of nitroso groups, excluding NO2 is 1. The van der Waals surface area contributed by atoms with Gasteiger partial charge in [0.15, 0.2) is 0 Å². The van der Waals surface area contributed by atoms with E-state index in [-0.39, 0.29) is 16.3 Å². The molecule has 23 heavy (non-hydrogen) atoms. The normalized spacial score (nSPS) is 10.9. The highest BCUT2D eigenvalue weighted by Gasteiger charge is 2.14. The molecular formula is C16H12ClN3O3. The van der Waals surface area contributed by atoms with Crippen LogP contribution in [-0.4, -0.2) is 4.98 Å². The number of nitrogens with two attached hydrogens (primary N) is 1. The molecule has 0 aliphatic heterocycles. The molecule has 0 unspecified atom stereocenters. The Morgan fingerprint density at radius 3 is 2.83 bits per heavy atom. The van der Waals surface area contributed by atoms with Crippen LogP contribution in [0.3, 0.4) is 0 Å². The molecule has 0 atom stereocenters. The van der Waals surface area contributed by atoms with Crippen molar-refractivity contribution in [2.75, 3.05) is 5.73 Å². The van der Waals surface area contributed by atoms with Crippen LogP contribution in [0.1, 0.15) is 16.7 Å². The van der Waals surface area contributed by atoms with Gasteiger partial charge >= 0.3 is 5.63 Å². The van der Waals surface area contributed by atoms with Crippen LogP contribution in [0.2, 0.25) is 5.02 Å². The number of hydrogen-bond donors (Lipinski definition) is 1. The number of rotatable bonds is 3. The molecule has 0 fully saturated rings. The number of hydrogen-bond acceptors (Lipinski definition) is 6. The molecule has 3 rings (SSSR count). The van der Waals surface area contributed by atoms with Gasteiger partial charge in [0.05, 0.1) is 5.02 Å². The van der Waals surface area contributed by atoms with E-state index in [0.717, 1.165) is 11.1 Å². The van der Waals surface area contributed by atoms with E-state index < -0.39 is 5.63 Å². The minimum atomic E-state index is -0.468. The minimum Gasteiger partial charge on any atom is -0.422 e. The lowest BCUT2D eigenvalue weighted by Crippen LogP contribution is -2.11. The van der Waals surface area contributed by atoms with Crippen molar-refractivity contribution >= 4 is 34.1 Å². The first-order valence-corrected chi connectivity index (χ1v) is 7.17. The molecule has 6 nitrogen and oxygen atoms in total. The number of aromatic nitrogens is 1. The third kappa shape index (κ3) is 2.80. The van der Waals surface area contributed by atoms with Crippen LogP contribution in [0.5, 0.6) is 0 Å². The van der Waals surface area contributed by atoms with Gasteiger partial charge in [0.2, 0.25) is 0 Å². The van der Waals surface area contributed by atoms with Gasteiger partial charge in [0.25, 0.3) is 0 Å². The molecule has 0 aliphatic carbocycles. The maximum Gasteiger partial charge on any atom is 0.340 e. The Bertz CT molecular complexity index is 982. The number of halogens is 1. The number of anilines is 1. The predicted molar refractivity (Wildman–Crippen MR) is 89.1 cm³/mol. The second-order valence-electron chi connectivity index (χ2n) is 5.15. The van der Waals surface area contributed by atoms with Crippen molar-refractivity contribution in [1.82, 2.24) is 4.98 Å². The first-order chi connectivity index (χ1) is 11.0. The summed E-state index contributed by atoms with van der Waals surface area (Å²) in [6, 6.07) is 6.44. The van der Waals surface area contributed by atoms with E-state index in [4.69, 9.17) is 21.8 Å². The van der Waals surface area contributed by atoms with Gasteiger partial charge in [0.1, 0.15) is 17.1 Å². The fraction of sp³-hybridized carbons (Fsp3) is 0.125. The minimum absolute atomic E-state index is 0.0383. The van der Waals surface area contributed by atoms with E-state index >= 15 is 0 Å². The van der Waals surface area contributed by atoms with E-state index in [2.05, 4.69) is 10.2 Å². The van der Waals surface area contributed by atoms with Crippen molar-refractivity contribution in [2.45, 2.75) is 13.3 Å². The summed E-state index contributed by atoms with van der Waals surface area (Å²) in [5.74, 6) is 0.384. The molecule has 7 heteroatoms. The van der Waals surface area contributed by atoms with Crippen molar-refractivity contribution in [3.05, 3.63) is 67.5 Å². The number of aryl methyl sites for hydroxylation is 1. The quantitative estimate of drug-likeness (QED) is 0.583. The maximum atomic E-state index is 12.3. The summed E-state index contributed by atoms with van der Waals surface area (Å²) in [5.41, 5.74) is 7.61. The highest BCUT2D eigenvalue weighted by atomic mass is 35.5. The van der Waals surface area contributed by atoms with Crippen LogP contribution in [-0.2, 0) is 6.42 Å². The molecule has 0 radical (unpaired) electrons. The van der Waals surface area contributed by atoms with Gasteiger partial charge < -0.3 is 10.2 Å². The summed E-state index contributed by atoms with van der Waals surface area (Å²) in [7, 11) is 0. The van der Waals surface area contributed by atoms with Gasteiger partial charge in [-0.05, 0) is 41.4 Å². The standard InChI is InChI=1S/C16H12ClN3O3/c1-8-10-6-12(17)13(20-22)7-14(10)23-16(21)11(8)4-9-2-3-19-15(18)5-9/h2-3,5-7H,4H2,1H3,(H2,18,19). The first kappa shape index (κ1) is 15.2. The molecule has 116 valence electrons. The molecule has 0 saturated carbocycles. The summed E-state index contributed by atoms with van der Waals surface area (Å²) in [6.45, 7) is 1.81. The lowest BCUT2D eigenvalue weighted by Gasteiger charge is -2.09. The Morgan fingerprint density at radius 2 is 2.13 bits per heavy atom. The second-order valence-corrected chi connectivity index (χ2v) is 5.56. The van der Waals surface area contributed by atoms with Crippen LogP contribution < -0.4 is 11.4 Å². The van der Waals surface area contributed by atoms with Crippen molar-refractivity contribution in [2.24, 2.45) is 5.18 Å². The monoisotopic (exact) mass is 329 g/mol. The van der Waals surface area contributed by atoms with Gasteiger partial charge in [-0.15, -0.1) is 4.91 Å². The van der Waals surface area contributed by atoms with Crippen LogP contribution >= 0.6 is 11.6 Å². The summed E-state index contributed by atoms with van der Waals surface area (Å²) in [4.78, 5) is 26.9. The molecule has 2 aromatic heterocycles. The largest absolute Gasteiger partial charge is 0.422 e. The zero-order valence-electron chi connectivity index (χ0n) is 12.2. The maximum absolute atomic E-state index is 12.3. The number of nitrogens with zero attached hydrogens (tertiary/aromatic N) is 2. The average molecular weight is 330 g/mol. The summed E-state index contributed by atoms with van der Waals surface area (Å²) in [6.07, 6.45) is 1.95. The van der Waals surface area contributed by atoms with Gasteiger partial charge in [-0.1, -0.05) is 11.6 Å². The molecule has 2 N–H and O–H groups in total. The van der Waals surface area contributed by atoms with Gasteiger partial charge in [-0.2, -0.15) is 0 Å². The molecule has 1 aromatic carbocycles. The fourth-order valence-electron chi connectivity index (χ4n) is 2.48. The van der Waals surface area contributed by atoms with Crippen LogP contribution in [0.15, 0.2) is 44.9 Å². The van der Waals surface area contributed by atoms with E-state index in [9.17, 15) is 9.70 Å². The molecule has 0 spiro atoms. The lowest BCUT2D eigenvalue weighted by atomic mass is 10.00. The Balaban J connectivity index is 2.18. The smallest absolute Gasteiger partial charge is 0.340 e. The first-order valence-electron chi connectivity index (χ1n) is 6.79. The highest BCUT2D eigenvalue weighted by Crippen LogP contribution is 2.32. The Kier molecular flexibility index (Phi) is 3.83. The number of benzene rings is 1. The summed E-state index contributed by atoms with van der Waals surface area (Å²) in [5, 5.41) is 3.69. The second kappa shape index (κ2) is 5.81. The third-order valence-electron chi connectivity index (χ3n) is 3.68. The number of pyridine rings is 1. The SMILES string of the molecule is Cc1c(Cc2ccnc(N)c2)c(=O)oc2cc(N=O)c(Cl)cc12. The Labute approximate surface area is 135 Å². The molecule has 0 amide bonds. The summed E-state index contributed by atoms with van der Waals surface area (Å²) < 4.78 is 5.31. The van der Waals surface area contributed by atoms with Gasteiger partial charge in [0, 0.05) is 29.6 Å².